The van der Waals surface area contributed by atoms with E-state index in [4.69, 9.17) is 11.6 Å². The van der Waals surface area contributed by atoms with Crippen LogP contribution in [0.2, 0.25) is 0 Å². The summed E-state index contributed by atoms with van der Waals surface area (Å²) >= 11 is 5.96. The predicted molar refractivity (Wildman–Crippen MR) is 79.2 cm³/mol. The smallest absolute Gasteiger partial charge is 0.0984 e. The molecule has 0 heterocycles. The van der Waals surface area contributed by atoms with Crippen molar-refractivity contribution < 1.29 is 0 Å². The molecule has 1 rings (SSSR count). The molecule has 0 unspecified atom stereocenters. The summed E-state index contributed by atoms with van der Waals surface area (Å²) in [5, 5.41) is 0.488. The van der Waals surface area contributed by atoms with E-state index in [-0.39, 0.29) is 0 Å². The lowest BCUT2D eigenvalue weighted by atomic mass is 10.2. The number of halogens is 1. The second-order valence-corrected chi connectivity index (χ2v) is 4.29. The van der Waals surface area contributed by atoms with Crippen LogP contribution in [0, 0.1) is 23.7 Å². The van der Waals surface area contributed by atoms with Gasteiger partial charge in [-0.15, -0.1) is 0 Å². The van der Waals surface area contributed by atoms with Gasteiger partial charge < -0.3 is 0 Å². The Morgan fingerprint density at radius 1 is 1.22 bits per heavy atom. The topological polar surface area (TPSA) is 0 Å². The Balaban J connectivity index is 2.45. The van der Waals surface area contributed by atoms with E-state index in [1.54, 1.807) is 6.08 Å². The number of hydrogen-bond donors (Lipinski definition) is 0. The Kier molecular flexibility index (Phi) is 7.54. The number of hydrogen-bond acceptors (Lipinski definition) is 0. The van der Waals surface area contributed by atoms with Crippen molar-refractivity contribution in [3.8, 4) is 23.7 Å². The molecule has 0 aliphatic heterocycles. The first-order valence-electron chi connectivity index (χ1n) is 6.24. The molecule has 0 nitrogen and oxygen atoms in total. The monoisotopic (exact) mass is 256 g/mol. The Hall–Kier alpha value is -1.63. The Morgan fingerprint density at radius 2 is 2.00 bits per heavy atom. The predicted octanol–water partition coefficient (Wildman–Crippen LogP) is 4.74. The highest BCUT2D eigenvalue weighted by Crippen LogP contribution is 2.01. The third kappa shape index (κ3) is 6.85. The average molecular weight is 257 g/mol. The fourth-order valence-corrected chi connectivity index (χ4v) is 1.44. The normalized spacial score (nSPS) is 10.0. The van der Waals surface area contributed by atoms with Gasteiger partial charge in [-0.05, 0) is 24.5 Å². The van der Waals surface area contributed by atoms with E-state index in [0.717, 1.165) is 18.4 Å². The highest BCUT2D eigenvalue weighted by Gasteiger charge is 1.84. The largest absolute Gasteiger partial charge is 0.0991 e. The van der Waals surface area contributed by atoms with E-state index in [1.807, 2.05) is 30.3 Å². The minimum atomic E-state index is 0.488. The summed E-state index contributed by atoms with van der Waals surface area (Å²) in [6.07, 6.45) is 6.22. The zero-order valence-corrected chi connectivity index (χ0v) is 11.4. The van der Waals surface area contributed by atoms with Gasteiger partial charge in [-0.2, -0.15) is 0 Å². The van der Waals surface area contributed by atoms with Crippen molar-refractivity contribution in [3.63, 3.8) is 0 Å². The molecule has 0 saturated carbocycles. The van der Waals surface area contributed by atoms with Crippen molar-refractivity contribution in [3.05, 3.63) is 47.0 Å². The Labute approximate surface area is 115 Å². The molecule has 0 saturated heterocycles. The lowest BCUT2D eigenvalue weighted by molar-refractivity contribution is 0.737. The number of allylic oxidation sites excluding steroid dienone is 2. The first-order chi connectivity index (χ1) is 8.83. The van der Waals surface area contributed by atoms with E-state index < -0.39 is 0 Å². The first-order valence-corrected chi connectivity index (χ1v) is 6.62. The Morgan fingerprint density at radius 3 is 2.72 bits per heavy atom. The van der Waals surface area contributed by atoms with Gasteiger partial charge >= 0.3 is 0 Å². The summed E-state index contributed by atoms with van der Waals surface area (Å²) in [7, 11) is 0. The molecule has 0 bridgehead atoms. The maximum Gasteiger partial charge on any atom is 0.0991 e. The molecule has 18 heavy (non-hydrogen) atoms. The first kappa shape index (κ1) is 14.4. The quantitative estimate of drug-likeness (QED) is 0.541. The van der Waals surface area contributed by atoms with Crippen molar-refractivity contribution in [2.75, 3.05) is 0 Å². The number of rotatable bonds is 3. The minimum absolute atomic E-state index is 0.488. The molecule has 0 amide bonds. The summed E-state index contributed by atoms with van der Waals surface area (Å²) in [6.45, 7) is 2.18. The molecule has 0 spiro atoms. The van der Waals surface area contributed by atoms with Gasteiger partial charge in [0.15, 0.2) is 0 Å². The highest BCUT2D eigenvalue weighted by molar-refractivity contribution is 6.32. The highest BCUT2D eigenvalue weighted by atomic mass is 35.5. The van der Waals surface area contributed by atoms with Gasteiger partial charge in [-0.1, -0.05) is 67.3 Å². The zero-order chi connectivity index (χ0) is 13.1. The van der Waals surface area contributed by atoms with Gasteiger partial charge in [0.1, 0.15) is 0 Å². The van der Waals surface area contributed by atoms with E-state index in [2.05, 4.69) is 30.6 Å². The minimum Gasteiger partial charge on any atom is -0.0984 e. The van der Waals surface area contributed by atoms with Gasteiger partial charge in [-0.3, -0.25) is 0 Å². The van der Waals surface area contributed by atoms with Crippen molar-refractivity contribution in [1.82, 2.24) is 0 Å². The lowest BCUT2D eigenvalue weighted by Crippen LogP contribution is -1.72. The molecule has 1 heteroatoms. The van der Waals surface area contributed by atoms with Gasteiger partial charge in [0.2, 0.25) is 0 Å². The maximum atomic E-state index is 5.96. The third-order valence-corrected chi connectivity index (χ3v) is 2.51. The molecule has 0 atom stereocenters. The second kappa shape index (κ2) is 9.41. The van der Waals surface area contributed by atoms with Crippen LogP contribution in [-0.2, 0) is 0 Å². The van der Waals surface area contributed by atoms with Crippen LogP contribution in [-0.4, -0.2) is 0 Å². The van der Waals surface area contributed by atoms with Crippen molar-refractivity contribution in [1.29, 1.82) is 0 Å². The number of benzene rings is 1. The molecule has 0 radical (unpaired) electrons. The number of unbranched alkanes of at least 4 members (excludes halogenated alkanes) is 3. The molecule has 0 aliphatic carbocycles. The van der Waals surface area contributed by atoms with E-state index in [1.165, 1.54) is 12.8 Å². The fourth-order valence-electron chi connectivity index (χ4n) is 1.34. The molecule has 0 aliphatic rings. The van der Waals surface area contributed by atoms with Crippen molar-refractivity contribution >= 4 is 11.6 Å². The fraction of sp³-hybridized carbons (Fsp3) is 0.294. The van der Waals surface area contributed by atoms with Crippen LogP contribution >= 0.6 is 11.6 Å². The summed E-state index contributed by atoms with van der Waals surface area (Å²) in [4.78, 5) is 0. The van der Waals surface area contributed by atoms with Gasteiger partial charge in [0.05, 0.1) is 5.03 Å². The SMILES string of the molecule is CCCCCC#C/C=C(/Cl)C#Cc1ccccc1. The molecular formula is C17H17Cl. The average Bonchev–Trinajstić information content (AvgIpc) is 2.41. The van der Waals surface area contributed by atoms with Crippen LogP contribution in [0.4, 0.5) is 0 Å². The molecule has 0 N–H and O–H groups in total. The van der Waals surface area contributed by atoms with Crippen LogP contribution in [0.5, 0.6) is 0 Å². The van der Waals surface area contributed by atoms with E-state index in [0.29, 0.717) is 5.03 Å². The second-order valence-electron chi connectivity index (χ2n) is 3.89. The summed E-state index contributed by atoms with van der Waals surface area (Å²) in [5.41, 5.74) is 0.958. The molecule has 1 aromatic rings. The van der Waals surface area contributed by atoms with Crippen LogP contribution in [0.3, 0.4) is 0 Å². The molecule has 92 valence electrons. The third-order valence-electron chi connectivity index (χ3n) is 2.31. The van der Waals surface area contributed by atoms with E-state index in [9.17, 15) is 0 Å². The molecule has 0 fully saturated rings. The van der Waals surface area contributed by atoms with Crippen LogP contribution in [0.25, 0.3) is 0 Å². The van der Waals surface area contributed by atoms with Crippen molar-refractivity contribution in [2.24, 2.45) is 0 Å². The van der Waals surface area contributed by atoms with Gasteiger partial charge in [-0.25, -0.2) is 0 Å². The van der Waals surface area contributed by atoms with Crippen molar-refractivity contribution in [2.45, 2.75) is 32.6 Å². The molecule has 0 aromatic heterocycles. The lowest BCUT2D eigenvalue weighted by Gasteiger charge is -1.87. The van der Waals surface area contributed by atoms with E-state index >= 15 is 0 Å². The summed E-state index contributed by atoms with van der Waals surface area (Å²) < 4.78 is 0. The standard InChI is InChI=1S/C17H17Cl/c1-2-3-4-5-6-10-13-17(18)15-14-16-11-8-7-9-12-16/h7-9,11-13H,2-5H2,1H3/b17-13+. The van der Waals surface area contributed by atoms with Crippen LogP contribution in [0.1, 0.15) is 38.2 Å². The summed E-state index contributed by atoms with van der Waals surface area (Å²) in [5.74, 6) is 11.9. The maximum absolute atomic E-state index is 5.96. The Bertz CT molecular complexity index is 489. The van der Waals surface area contributed by atoms with Crippen LogP contribution in [0.15, 0.2) is 41.4 Å². The van der Waals surface area contributed by atoms with Gasteiger partial charge in [0.25, 0.3) is 0 Å². The molecular weight excluding hydrogens is 240 g/mol. The zero-order valence-electron chi connectivity index (χ0n) is 10.7. The molecule has 1 aromatic carbocycles. The summed E-state index contributed by atoms with van der Waals surface area (Å²) in [6, 6.07) is 9.77. The van der Waals surface area contributed by atoms with Crippen LogP contribution < -0.4 is 0 Å². The van der Waals surface area contributed by atoms with Gasteiger partial charge in [0, 0.05) is 18.1 Å².